The van der Waals surface area contributed by atoms with Crippen molar-refractivity contribution in [3.63, 3.8) is 0 Å². The van der Waals surface area contributed by atoms with Crippen molar-refractivity contribution in [3.05, 3.63) is 53.1 Å². The topological polar surface area (TPSA) is 17.1 Å². The minimum Gasteiger partial charge on any atom is -0.313 e. The van der Waals surface area contributed by atoms with Crippen LogP contribution in [0, 0.1) is 0 Å². The largest absolute Gasteiger partial charge is 0.313 e. The number of aryl methyl sites for hydroxylation is 2. The van der Waals surface area contributed by atoms with Crippen molar-refractivity contribution in [2.75, 3.05) is 0 Å². The molecule has 0 atom stereocenters. The molecule has 0 saturated carbocycles. The first-order chi connectivity index (χ1) is 9.25. The smallest absolute Gasteiger partial charge is 0.167 e. The van der Waals surface area contributed by atoms with Gasteiger partial charge in [0.2, 0.25) is 0 Å². The van der Waals surface area contributed by atoms with Gasteiger partial charge in [-0.3, -0.25) is 0 Å². The molecule has 3 rings (SSSR count). The first-order valence-electron chi connectivity index (χ1n) is 6.74. The SMILES string of the molecule is [B]C(=O)CCc1c2c(cc3ccccc13)CCC=C2. The maximum absolute atomic E-state index is 11.1. The highest BCUT2D eigenvalue weighted by atomic mass is 16.1. The summed E-state index contributed by atoms with van der Waals surface area (Å²) in [5.74, 6) is 0. The molecule has 1 aliphatic rings. The molecule has 2 aromatic rings. The molecule has 0 fully saturated rings. The molecule has 0 aromatic heterocycles. The molecule has 0 N–H and O–H groups in total. The molecule has 2 heteroatoms. The third kappa shape index (κ3) is 2.35. The van der Waals surface area contributed by atoms with E-state index in [1.165, 1.54) is 27.5 Å². The summed E-state index contributed by atoms with van der Waals surface area (Å²) < 4.78 is 0. The van der Waals surface area contributed by atoms with Crippen LogP contribution >= 0.6 is 0 Å². The second kappa shape index (κ2) is 5.04. The summed E-state index contributed by atoms with van der Waals surface area (Å²) in [6.07, 6.45) is 7.73. The molecular weight excluding hydrogens is 231 g/mol. The average molecular weight is 246 g/mol. The fourth-order valence-corrected chi connectivity index (χ4v) is 2.87. The predicted molar refractivity (Wildman–Crippen MR) is 80.4 cm³/mol. The molecule has 0 unspecified atom stereocenters. The van der Waals surface area contributed by atoms with Gasteiger partial charge in [-0.05, 0) is 53.1 Å². The van der Waals surface area contributed by atoms with Gasteiger partial charge in [-0.15, -0.1) is 0 Å². The molecule has 0 bridgehead atoms. The summed E-state index contributed by atoms with van der Waals surface area (Å²) in [6.45, 7) is 0. The summed E-state index contributed by atoms with van der Waals surface area (Å²) in [6, 6.07) is 10.7. The summed E-state index contributed by atoms with van der Waals surface area (Å²) in [7, 11) is 5.30. The molecule has 0 saturated heterocycles. The van der Waals surface area contributed by atoms with E-state index in [0.717, 1.165) is 19.3 Å². The number of fused-ring (bicyclic) bond motifs is 2. The molecular formula is C17H15BO. The van der Waals surface area contributed by atoms with E-state index >= 15 is 0 Å². The number of allylic oxidation sites excluding steroid dienone is 1. The number of hydrogen-bond acceptors (Lipinski definition) is 1. The van der Waals surface area contributed by atoms with Gasteiger partial charge in [0.05, 0.1) is 5.68 Å². The van der Waals surface area contributed by atoms with Crippen LogP contribution in [-0.4, -0.2) is 13.5 Å². The fraction of sp³-hybridized carbons (Fsp3) is 0.235. The maximum atomic E-state index is 11.1. The van der Waals surface area contributed by atoms with Gasteiger partial charge in [-0.25, -0.2) is 0 Å². The minimum absolute atomic E-state index is 0.235. The van der Waals surface area contributed by atoms with Gasteiger partial charge in [-0.2, -0.15) is 0 Å². The Balaban J connectivity index is 2.19. The molecule has 92 valence electrons. The lowest BCUT2D eigenvalue weighted by atomic mass is 9.85. The zero-order chi connectivity index (χ0) is 13.2. The van der Waals surface area contributed by atoms with Gasteiger partial charge >= 0.3 is 0 Å². The Morgan fingerprint density at radius 3 is 2.95 bits per heavy atom. The molecule has 0 spiro atoms. The highest BCUT2D eigenvalue weighted by molar-refractivity contribution is 6.57. The van der Waals surface area contributed by atoms with Crippen molar-refractivity contribution in [2.45, 2.75) is 25.7 Å². The molecule has 1 nitrogen and oxygen atoms in total. The maximum Gasteiger partial charge on any atom is 0.167 e. The quantitative estimate of drug-likeness (QED) is 0.758. The Bertz CT molecular complexity index is 670. The Morgan fingerprint density at radius 1 is 1.26 bits per heavy atom. The van der Waals surface area contributed by atoms with Crippen LogP contribution in [0.1, 0.15) is 29.5 Å². The van der Waals surface area contributed by atoms with Gasteiger partial charge in [0.1, 0.15) is 0 Å². The fourth-order valence-electron chi connectivity index (χ4n) is 2.87. The van der Waals surface area contributed by atoms with E-state index in [9.17, 15) is 4.79 Å². The van der Waals surface area contributed by atoms with Crippen LogP contribution in [0.5, 0.6) is 0 Å². The molecule has 19 heavy (non-hydrogen) atoms. The summed E-state index contributed by atoms with van der Waals surface area (Å²) in [5.41, 5.74) is 3.72. The van der Waals surface area contributed by atoms with Crippen LogP contribution in [0.25, 0.3) is 16.8 Å². The van der Waals surface area contributed by atoms with Gasteiger partial charge in [0, 0.05) is 0 Å². The standard InChI is InChI=1S/C17H15BO/c18-17(19)10-9-16-14-7-3-1-5-12(14)11-13-6-2-4-8-15(13)16/h1,3-5,7-8,11H,2,6,9-10H2. The first-order valence-corrected chi connectivity index (χ1v) is 6.74. The van der Waals surface area contributed by atoms with E-state index in [-0.39, 0.29) is 5.68 Å². The van der Waals surface area contributed by atoms with E-state index in [1.54, 1.807) is 0 Å². The third-order valence-corrected chi connectivity index (χ3v) is 3.77. The van der Waals surface area contributed by atoms with Gasteiger partial charge in [-0.1, -0.05) is 42.5 Å². The second-order valence-corrected chi connectivity index (χ2v) is 5.06. The van der Waals surface area contributed by atoms with E-state index in [2.05, 4.69) is 42.5 Å². The lowest BCUT2D eigenvalue weighted by molar-refractivity contribution is -0.111. The van der Waals surface area contributed by atoms with E-state index in [1.807, 2.05) is 0 Å². The minimum atomic E-state index is -0.235. The lowest BCUT2D eigenvalue weighted by Crippen LogP contribution is -2.04. The number of benzene rings is 2. The first kappa shape index (κ1) is 12.2. The van der Waals surface area contributed by atoms with E-state index in [0.29, 0.717) is 6.42 Å². The van der Waals surface area contributed by atoms with E-state index < -0.39 is 0 Å². The van der Waals surface area contributed by atoms with E-state index in [4.69, 9.17) is 7.85 Å². The highest BCUT2D eigenvalue weighted by Crippen LogP contribution is 2.31. The third-order valence-electron chi connectivity index (χ3n) is 3.77. The van der Waals surface area contributed by atoms with Crippen molar-refractivity contribution < 1.29 is 4.79 Å². The van der Waals surface area contributed by atoms with Crippen molar-refractivity contribution in [3.8, 4) is 0 Å². The zero-order valence-electron chi connectivity index (χ0n) is 10.9. The van der Waals surface area contributed by atoms with Crippen LogP contribution in [0.2, 0.25) is 0 Å². The normalized spacial score (nSPS) is 13.5. The number of carbonyl (C=O) groups is 1. The lowest BCUT2D eigenvalue weighted by Gasteiger charge is -2.18. The molecule has 0 heterocycles. The Hall–Kier alpha value is -1.83. The Morgan fingerprint density at radius 2 is 2.11 bits per heavy atom. The van der Waals surface area contributed by atoms with Crippen LogP contribution in [0.15, 0.2) is 36.4 Å². The van der Waals surface area contributed by atoms with Crippen molar-refractivity contribution in [1.82, 2.24) is 0 Å². The van der Waals surface area contributed by atoms with Crippen LogP contribution in [0.3, 0.4) is 0 Å². The molecule has 2 aromatic carbocycles. The zero-order valence-corrected chi connectivity index (χ0v) is 10.9. The average Bonchev–Trinajstić information content (AvgIpc) is 2.43. The Kier molecular flexibility index (Phi) is 3.24. The van der Waals surface area contributed by atoms with Crippen molar-refractivity contribution >= 4 is 30.4 Å². The van der Waals surface area contributed by atoms with Gasteiger partial charge < -0.3 is 4.79 Å². The van der Waals surface area contributed by atoms with Crippen LogP contribution < -0.4 is 0 Å². The molecule has 2 radical (unpaired) electrons. The van der Waals surface area contributed by atoms with Crippen molar-refractivity contribution in [1.29, 1.82) is 0 Å². The predicted octanol–water partition coefficient (Wildman–Crippen LogP) is 3.43. The number of carbonyl (C=O) groups excluding carboxylic acids is 1. The highest BCUT2D eigenvalue weighted by Gasteiger charge is 2.13. The number of rotatable bonds is 3. The summed E-state index contributed by atoms with van der Waals surface area (Å²) in [5, 5.41) is 2.50. The molecule has 0 amide bonds. The van der Waals surface area contributed by atoms with Crippen LogP contribution in [0.4, 0.5) is 0 Å². The Labute approximate surface area is 114 Å². The van der Waals surface area contributed by atoms with Crippen LogP contribution in [-0.2, 0) is 17.6 Å². The summed E-state index contributed by atoms with van der Waals surface area (Å²) in [4.78, 5) is 11.1. The van der Waals surface area contributed by atoms with Gasteiger partial charge in [0.25, 0.3) is 0 Å². The monoisotopic (exact) mass is 246 g/mol. The molecule has 1 aliphatic carbocycles. The molecule has 0 aliphatic heterocycles. The second-order valence-electron chi connectivity index (χ2n) is 5.06. The summed E-state index contributed by atoms with van der Waals surface area (Å²) >= 11 is 0. The van der Waals surface area contributed by atoms with Crippen molar-refractivity contribution in [2.24, 2.45) is 0 Å². The number of hydrogen-bond donors (Lipinski definition) is 0. The van der Waals surface area contributed by atoms with Gasteiger partial charge in [0.15, 0.2) is 7.85 Å².